The van der Waals surface area contributed by atoms with Crippen LogP contribution in [0.5, 0.6) is 0 Å². The molecule has 0 unspecified atom stereocenters. The van der Waals surface area contributed by atoms with Gasteiger partial charge in [0.05, 0.1) is 17.7 Å². The molecule has 3 rings (SSSR count). The minimum Gasteiger partial charge on any atom is -0.325 e. The van der Waals surface area contributed by atoms with E-state index < -0.39 is 0 Å². The van der Waals surface area contributed by atoms with Crippen LogP contribution in [0.2, 0.25) is 0 Å². The third-order valence-corrected chi connectivity index (χ3v) is 5.31. The lowest BCUT2D eigenvalue weighted by Crippen LogP contribution is -2.52. The van der Waals surface area contributed by atoms with E-state index in [9.17, 15) is 4.79 Å². The van der Waals surface area contributed by atoms with Gasteiger partial charge in [-0.3, -0.25) is 14.6 Å². The van der Waals surface area contributed by atoms with Crippen molar-refractivity contribution in [2.75, 3.05) is 31.5 Å². The number of nitriles is 1. The molecule has 1 atom stereocenters. The first-order valence-electron chi connectivity index (χ1n) is 8.44. The van der Waals surface area contributed by atoms with E-state index in [2.05, 4.69) is 38.0 Å². The number of nitrogens with one attached hydrogen (secondary N) is 1. The molecule has 1 amide bonds. The first kappa shape index (κ1) is 17.6. The molecule has 0 aliphatic carbocycles. The number of piperazine rings is 1. The maximum Gasteiger partial charge on any atom is 0.241 e. The maximum absolute atomic E-state index is 12.5. The Hall–Kier alpha value is -2.20. The summed E-state index contributed by atoms with van der Waals surface area (Å²) in [4.78, 5) is 17.1. The highest BCUT2D eigenvalue weighted by Crippen LogP contribution is 2.15. The maximum atomic E-state index is 12.5. The van der Waals surface area contributed by atoms with E-state index >= 15 is 0 Å². The monoisotopic (exact) mass is 354 g/mol. The number of nitrogens with zero attached hydrogens (tertiary/aromatic N) is 3. The summed E-state index contributed by atoms with van der Waals surface area (Å²) in [5, 5.41) is 16.2. The Labute approximate surface area is 152 Å². The Morgan fingerprint density at radius 2 is 2.12 bits per heavy atom. The molecule has 25 heavy (non-hydrogen) atoms. The molecule has 0 saturated carbocycles. The second kappa shape index (κ2) is 8.26. The summed E-state index contributed by atoms with van der Waals surface area (Å²) in [6.45, 7) is 6.64. The van der Waals surface area contributed by atoms with Crippen LogP contribution in [0.1, 0.15) is 18.1 Å². The molecule has 1 N–H and O–H groups in total. The molecule has 2 aromatic rings. The van der Waals surface area contributed by atoms with E-state index in [-0.39, 0.29) is 11.9 Å². The van der Waals surface area contributed by atoms with Crippen molar-refractivity contribution in [2.24, 2.45) is 0 Å². The molecule has 2 heterocycles. The van der Waals surface area contributed by atoms with E-state index in [1.165, 1.54) is 5.56 Å². The summed E-state index contributed by atoms with van der Waals surface area (Å²) in [6, 6.07) is 11.1. The molecule has 1 fully saturated rings. The predicted octanol–water partition coefficient (Wildman–Crippen LogP) is 2.76. The third kappa shape index (κ3) is 4.67. The van der Waals surface area contributed by atoms with Crippen molar-refractivity contribution in [3.8, 4) is 6.07 Å². The molecule has 0 spiro atoms. The first-order chi connectivity index (χ1) is 12.2. The summed E-state index contributed by atoms with van der Waals surface area (Å²) in [6.07, 6.45) is 0. The van der Waals surface area contributed by atoms with Gasteiger partial charge in [0.15, 0.2) is 0 Å². The number of carbonyl (C=O) groups excluding carboxylic acids is 1. The molecule has 1 aromatic carbocycles. The van der Waals surface area contributed by atoms with Crippen molar-refractivity contribution in [1.29, 1.82) is 5.26 Å². The van der Waals surface area contributed by atoms with Crippen molar-refractivity contribution < 1.29 is 4.79 Å². The van der Waals surface area contributed by atoms with E-state index in [0.717, 1.165) is 32.7 Å². The minimum absolute atomic E-state index is 0.0265. The Balaban J connectivity index is 1.50. The van der Waals surface area contributed by atoms with Crippen LogP contribution in [0.15, 0.2) is 41.1 Å². The standard InChI is InChI=1S/C19H22N4OS/c1-15(19(24)21-18-4-2-3-16(11-18)12-20)23-8-6-22(7-9-23)13-17-5-10-25-14-17/h2-5,10-11,14-15H,6-9,13H2,1H3,(H,21,24)/t15-/m0/s1. The minimum atomic E-state index is -0.186. The highest BCUT2D eigenvalue weighted by Gasteiger charge is 2.25. The highest BCUT2D eigenvalue weighted by atomic mass is 32.1. The van der Waals surface area contributed by atoms with Crippen LogP contribution in [0.25, 0.3) is 0 Å². The van der Waals surface area contributed by atoms with Crippen molar-refractivity contribution in [1.82, 2.24) is 9.80 Å². The van der Waals surface area contributed by atoms with E-state index in [0.29, 0.717) is 11.3 Å². The fourth-order valence-electron chi connectivity index (χ4n) is 3.03. The molecular weight excluding hydrogens is 332 g/mol. The molecule has 5 nitrogen and oxygen atoms in total. The Morgan fingerprint density at radius 3 is 2.80 bits per heavy atom. The van der Waals surface area contributed by atoms with Gasteiger partial charge in [-0.2, -0.15) is 16.6 Å². The second-order valence-corrected chi connectivity index (χ2v) is 7.08. The number of hydrogen-bond acceptors (Lipinski definition) is 5. The van der Waals surface area contributed by atoms with Crippen LogP contribution in [0.4, 0.5) is 5.69 Å². The number of thiophene rings is 1. The normalized spacial score (nSPS) is 17.0. The summed E-state index contributed by atoms with van der Waals surface area (Å²) in [5.74, 6) is -0.0265. The van der Waals surface area contributed by atoms with Crippen molar-refractivity contribution in [3.05, 3.63) is 52.2 Å². The molecule has 130 valence electrons. The summed E-state index contributed by atoms with van der Waals surface area (Å²) in [5.41, 5.74) is 2.58. The average molecular weight is 354 g/mol. The van der Waals surface area contributed by atoms with Gasteiger partial charge in [-0.05, 0) is 47.5 Å². The zero-order chi connectivity index (χ0) is 17.6. The molecule has 0 radical (unpaired) electrons. The third-order valence-electron chi connectivity index (χ3n) is 4.58. The van der Waals surface area contributed by atoms with E-state index in [1.54, 1.807) is 29.5 Å². The molecule has 6 heteroatoms. The Bertz CT molecular complexity index is 745. The largest absolute Gasteiger partial charge is 0.325 e. The number of hydrogen-bond donors (Lipinski definition) is 1. The number of rotatable bonds is 5. The number of amides is 1. The molecular formula is C19H22N4OS. The number of benzene rings is 1. The van der Waals surface area contributed by atoms with Gasteiger partial charge in [-0.15, -0.1) is 0 Å². The average Bonchev–Trinajstić information content (AvgIpc) is 3.15. The first-order valence-corrected chi connectivity index (χ1v) is 9.38. The Morgan fingerprint density at radius 1 is 1.32 bits per heavy atom. The number of carbonyl (C=O) groups is 1. The lowest BCUT2D eigenvalue weighted by atomic mass is 10.2. The van der Waals surface area contributed by atoms with Gasteiger partial charge >= 0.3 is 0 Å². The van der Waals surface area contributed by atoms with Gasteiger partial charge in [0, 0.05) is 38.4 Å². The zero-order valence-corrected chi connectivity index (χ0v) is 15.1. The van der Waals surface area contributed by atoms with Gasteiger partial charge in [0.25, 0.3) is 0 Å². The second-order valence-electron chi connectivity index (χ2n) is 6.30. The Kier molecular flexibility index (Phi) is 5.82. The van der Waals surface area contributed by atoms with Crippen molar-refractivity contribution in [3.63, 3.8) is 0 Å². The van der Waals surface area contributed by atoms with Crippen LogP contribution in [-0.4, -0.2) is 47.9 Å². The van der Waals surface area contributed by atoms with Gasteiger partial charge in [0.2, 0.25) is 5.91 Å². The molecule has 1 aliphatic heterocycles. The van der Waals surface area contributed by atoms with Gasteiger partial charge in [0.1, 0.15) is 0 Å². The molecule has 0 bridgehead atoms. The quantitative estimate of drug-likeness (QED) is 0.897. The topological polar surface area (TPSA) is 59.4 Å². The molecule has 1 aromatic heterocycles. The zero-order valence-electron chi connectivity index (χ0n) is 14.3. The van der Waals surface area contributed by atoms with Crippen LogP contribution in [0, 0.1) is 11.3 Å². The summed E-state index contributed by atoms with van der Waals surface area (Å²) >= 11 is 1.73. The van der Waals surface area contributed by atoms with Crippen LogP contribution >= 0.6 is 11.3 Å². The SMILES string of the molecule is C[C@@H](C(=O)Nc1cccc(C#N)c1)N1CCN(Cc2ccsc2)CC1. The van der Waals surface area contributed by atoms with Crippen LogP contribution in [-0.2, 0) is 11.3 Å². The van der Waals surface area contributed by atoms with Gasteiger partial charge in [-0.25, -0.2) is 0 Å². The van der Waals surface area contributed by atoms with Crippen molar-refractivity contribution in [2.45, 2.75) is 19.5 Å². The lowest BCUT2D eigenvalue weighted by molar-refractivity contribution is -0.121. The van der Waals surface area contributed by atoms with Gasteiger partial charge in [-0.1, -0.05) is 6.07 Å². The van der Waals surface area contributed by atoms with E-state index in [1.807, 2.05) is 13.0 Å². The molecule has 1 saturated heterocycles. The summed E-state index contributed by atoms with van der Waals surface area (Å²) < 4.78 is 0. The fraction of sp³-hybridized carbons (Fsp3) is 0.368. The van der Waals surface area contributed by atoms with E-state index in [4.69, 9.17) is 5.26 Å². The summed E-state index contributed by atoms with van der Waals surface area (Å²) in [7, 11) is 0. The van der Waals surface area contributed by atoms with Crippen LogP contribution < -0.4 is 5.32 Å². The smallest absolute Gasteiger partial charge is 0.241 e. The van der Waals surface area contributed by atoms with Gasteiger partial charge < -0.3 is 5.32 Å². The molecule has 1 aliphatic rings. The number of anilines is 1. The fourth-order valence-corrected chi connectivity index (χ4v) is 3.69. The lowest BCUT2D eigenvalue weighted by Gasteiger charge is -2.37. The highest BCUT2D eigenvalue weighted by molar-refractivity contribution is 7.07. The van der Waals surface area contributed by atoms with Crippen LogP contribution in [0.3, 0.4) is 0 Å². The van der Waals surface area contributed by atoms with Crippen molar-refractivity contribution >= 4 is 22.9 Å². The predicted molar refractivity (Wildman–Crippen MR) is 100 cm³/mol.